The highest BCUT2D eigenvalue weighted by molar-refractivity contribution is 7.89. The molecule has 2 fully saturated rings. The Hall–Kier alpha value is -1.19. The lowest BCUT2D eigenvalue weighted by atomic mass is 10.1. The lowest BCUT2D eigenvalue weighted by molar-refractivity contribution is 0.285. The van der Waals surface area contributed by atoms with Gasteiger partial charge in [0.05, 0.1) is 0 Å². The number of halogens is 4. The standard InChI is InChI=1S/C15H18F4N2O2S/c16-11-7-12(17)14(19)15(13(11)18)24(22,23)21-5-3-10(4-6-21)20-8-9-1-2-9/h7,9-10,20H,1-6,8H2. The summed E-state index contributed by atoms with van der Waals surface area (Å²) in [4.78, 5) is -1.55. The molecule has 1 aliphatic heterocycles. The van der Waals surface area contributed by atoms with Gasteiger partial charge in [0.1, 0.15) is 0 Å². The molecule has 24 heavy (non-hydrogen) atoms. The van der Waals surface area contributed by atoms with Gasteiger partial charge in [0.2, 0.25) is 10.0 Å². The third kappa shape index (κ3) is 3.43. The van der Waals surface area contributed by atoms with Crippen molar-refractivity contribution in [2.75, 3.05) is 19.6 Å². The SMILES string of the molecule is O=S(=O)(c1c(F)c(F)cc(F)c1F)N1CCC(NCC2CC2)CC1. The Morgan fingerprint density at radius 1 is 1.00 bits per heavy atom. The molecule has 9 heteroatoms. The van der Waals surface area contributed by atoms with Crippen LogP contribution in [0.1, 0.15) is 25.7 Å². The predicted molar refractivity (Wildman–Crippen MR) is 78.8 cm³/mol. The Bertz CT molecular complexity index is 703. The fraction of sp³-hybridized carbons (Fsp3) is 0.600. The molecule has 1 aromatic carbocycles. The van der Waals surface area contributed by atoms with Crippen LogP contribution in [0.15, 0.2) is 11.0 Å². The van der Waals surface area contributed by atoms with Crippen LogP contribution in [0.4, 0.5) is 17.6 Å². The van der Waals surface area contributed by atoms with Gasteiger partial charge < -0.3 is 5.32 Å². The van der Waals surface area contributed by atoms with Gasteiger partial charge in [-0.05, 0) is 38.1 Å². The van der Waals surface area contributed by atoms with Crippen LogP contribution < -0.4 is 5.32 Å². The van der Waals surface area contributed by atoms with Crippen molar-refractivity contribution in [3.63, 3.8) is 0 Å². The minimum absolute atomic E-state index is 0.00226. The Kier molecular flexibility index (Phi) is 4.85. The first kappa shape index (κ1) is 17.6. The van der Waals surface area contributed by atoms with Crippen molar-refractivity contribution < 1.29 is 26.0 Å². The zero-order valence-corrected chi connectivity index (χ0v) is 13.7. The summed E-state index contributed by atoms with van der Waals surface area (Å²) in [5.74, 6) is -6.54. The summed E-state index contributed by atoms with van der Waals surface area (Å²) in [6, 6.07) is 0.133. The number of hydrogen-bond donors (Lipinski definition) is 1. The molecule has 0 radical (unpaired) electrons. The molecule has 3 rings (SSSR count). The minimum atomic E-state index is -4.64. The van der Waals surface area contributed by atoms with Crippen LogP contribution in [0, 0.1) is 29.2 Å². The summed E-state index contributed by atoms with van der Waals surface area (Å²) in [5.41, 5.74) is 0. The average Bonchev–Trinajstić information content (AvgIpc) is 3.36. The third-order valence-corrected chi connectivity index (χ3v) is 6.43. The molecule has 1 saturated carbocycles. The molecule has 1 aromatic rings. The van der Waals surface area contributed by atoms with Gasteiger partial charge in [-0.3, -0.25) is 0 Å². The van der Waals surface area contributed by atoms with Crippen LogP contribution in [-0.2, 0) is 10.0 Å². The molecule has 2 aliphatic rings. The van der Waals surface area contributed by atoms with Crippen LogP contribution in [0.3, 0.4) is 0 Å². The minimum Gasteiger partial charge on any atom is -0.314 e. The highest BCUT2D eigenvalue weighted by Crippen LogP contribution is 2.30. The number of nitrogens with one attached hydrogen (secondary N) is 1. The number of piperidine rings is 1. The van der Waals surface area contributed by atoms with Gasteiger partial charge >= 0.3 is 0 Å². The largest absolute Gasteiger partial charge is 0.314 e. The molecular formula is C15H18F4N2O2S. The lowest BCUT2D eigenvalue weighted by Gasteiger charge is -2.32. The molecule has 1 N–H and O–H groups in total. The molecule has 0 bridgehead atoms. The molecule has 0 atom stereocenters. The molecule has 0 aromatic heterocycles. The van der Waals surface area contributed by atoms with Crippen LogP contribution in [0.2, 0.25) is 0 Å². The Morgan fingerprint density at radius 2 is 1.54 bits per heavy atom. The van der Waals surface area contributed by atoms with Crippen LogP contribution in [0.5, 0.6) is 0 Å². The van der Waals surface area contributed by atoms with Crippen molar-refractivity contribution in [3.8, 4) is 0 Å². The predicted octanol–water partition coefficient (Wildman–Crippen LogP) is 2.40. The van der Waals surface area contributed by atoms with E-state index in [2.05, 4.69) is 5.32 Å². The Morgan fingerprint density at radius 3 is 2.04 bits per heavy atom. The van der Waals surface area contributed by atoms with Crippen molar-refractivity contribution in [2.45, 2.75) is 36.6 Å². The quantitative estimate of drug-likeness (QED) is 0.643. The van der Waals surface area contributed by atoms with Crippen molar-refractivity contribution in [1.82, 2.24) is 9.62 Å². The van der Waals surface area contributed by atoms with E-state index in [9.17, 15) is 26.0 Å². The van der Waals surface area contributed by atoms with E-state index in [1.54, 1.807) is 0 Å². The molecule has 1 saturated heterocycles. The number of nitrogens with zero attached hydrogens (tertiary/aromatic N) is 1. The van der Waals surface area contributed by atoms with Gasteiger partial charge in [0.15, 0.2) is 28.2 Å². The normalized spacial score (nSPS) is 20.5. The van der Waals surface area contributed by atoms with Crippen molar-refractivity contribution in [3.05, 3.63) is 29.3 Å². The molecule has 134 valence electrons. The van der Waals surface area contributed by atoms with Crippen molar-refractivity contribution >= 4 is 10.0 Å². The Labute approximate surface area is 137 Å². The van der Waals surface area contributed by atoms with E-state index in [4.69, 9.17) is 0 Å². The molecule has 1 aliphatic carbocycles. The summed E-state index contributed by atoms with van der Waals surface area (Å²) in [6.45, 7) is 0.971. The third-order valence-electron chi connectivity index (χ3n) is 4.52. The summed E-state index contributed by atoms with van der Waals surface area (Å²) in [7, 11) is -4.64. The van der Waals surface area contributed by atoms with Gasteiger partial charge in [-0.1, -0.05) is 0 Å². The Balaban J connectivity index is 1.75. The number of benzene rings is 1. The maximum atomic E-state index is 13.8. The zero-order chi connectivity index (χ0) is 17.5. The topological polar surface area (TPSA) is 49.4 Å². The fourth-order valence-corrected chi connectivity index (χ4v) is 4.46. The zero-order valence-electron chi connectivity index (χ0n) is 12.9. The number of rotatable bonds is 5. The van der Waals surface area contributed by atoms with Gasteiger partial charge in [-0.25, -0.2) is 26.0 Å². The van der Waals surface area contributed by atoms with Crippen LogP contribution in [-0.4, -0.2) is 38.4 Å². The van der Waals surface area contributed by atoms with Crippen molar-refractivity contribution in [2.24, 2.45) is 5.92 Å². The van der Waals surface area contributed by atoms with Crippen LogP contribution in [0.25, 0.3) is 0 Å². The second-order valence-corrected chi connectivity index (χ2v) is 8.20. The smallest absolute Gasteiger partial charge is 0.249 e. The second-order valence-electron chi connectivity index (χ2n) is 6.33. The van der Waals surface area contributed by atoms with Gasteiger partial charge in [0.25, 0.3) is 0 Å². The highest BCUT2D eigenvalue weighted by Gasteiger charge is 2.36. The number of hydrogen-bond acceptors (Lipinski definition) is 3. The molecule has 1 heterocycles. The van der Waals surface area contributed by atoms with Gasteiger partial charge in [0, 0.05) is 25.2 Å². The second kappa shape index (κ2) is 6.61. The summed E-state index contributed by atoms with van der Waals surface area (Å²) in [6.07, 6.45) is 3.35. The molecule has 0 amide bonds. The first-order chi connectivity index (χ1) is 11.3. The summed E-state index contributed by atoms with van der Waals surface area (Å²) >= 11 is 0. The first-order valence-electron chi connectivity index (χ1n) is 7.87. The van der Waals surface area contributed by atoms with Gasteiger partial charge in [-0.15, -0.1) is 0 Å². The van der Waals surface area contributed by atoms with Gasteiger partial charge in [-0.2, -0.15) is 4.31 Å². The van der Waals surface area contributed by atoms with E-state index in [1.165, 1.54) is 12.8 Å². The van der Waals surface area contributed by atoms with Crippen molar-refractivity contribution in [1.29, 1.82) is 0 Å². The summed E-state index contributed by atoms with van der Waals surface area (Å²) < 4.78 is 79.8. The first-order valence-corrected chi connectivity index (χ1v) is 9.31. The van der Waals surface area contributed by atoms with E-state index in [0.29, 0.717) is 18.8 Å². The molecular weight excluding hydrogens is 348 g/mol. The van der Waals surface area contributed by atoms with E-state index in [-0.39, 0.29) is 25.2 Å². The maximum Gasteiger partial charge on any atom is 0.249 e. The highest BCUT2D eigenvalue weighted by atomic mass is 32.2. The lowest BCUT2D eigenvalue weighted by Crippen LogP contribution is -2.45. The van der Waals surface area contributed by atoms with E-state index >= 15 is 0 Å². The molecule has 0 unspecified atom stereocenters. The van der Waals surface area contributed by atoms with E-state index < -0.39 is 38.2 Å². The average molecular weight is 366 g/mol. The summed E-state index contributed by atoms with van der Waals surface area (Å²) in [5, 5.41) is 3.35. The fourth-order valence-electron chi connectivity index (χ4n) is 2.86. The number of sulfonamides is 1. The molecule has 4 nitrogen and oxygen atoms in total. The van der Waals surface area contributed by atoms with E-state index in [0.717, 1.165) is 10.8 Å². The maximum absolute atomic E-state index is 13.8. The van der Waals surface area contributed by atoms with Crippen LogP contribution >= 0.6 is 0 Å². The van der Waals surface area contributed by atoms with E-state index in [1.807, 2.05) is 0 Å². The molecule has 0 spiro atoms. The monoisotopic (exact) mass is 366 g/mol.